The Hall–Kier alpha value is -3.15. The molecule has 4 heterocycles. The summed E-state index contributed by atoms with van der Waals surface area (Å²) in [5.41, 5.74) is 5.26. The van der Waals surface area contributed by atoms with Gasteiger partial charge in [-0.05, 0) is 43.9 Å². The first-order valence-corrected chi connectivity index (χ1v) is 11.0. The van der Waals surface area contributed by atoms with Crippen molar-refractivity contribution in [3.63, 3.8) is 0 Å². The molecule has 1 aliphatic rings. The van der Waals surface area contributed by atoms with Gasteiger partial charge in [-0.25, -0.2) is 18.9 Å². The summed E-state index contributed by atoms with van der Waals surface area (Å²) in [6.45, 7) is 1.65. The summed E-state index contributed by atoms with van der Waals surface area (Å²) in [5, 5.41) is 19.5. The number of hydrogen-bond acceptors (Lipinski definition) is 6. The zero-order valence-electron chi connectivity index (χ0n) is 19.0. The normalized spacial score (nSPS) is 15.8. The van der Waals surface area contributed by atoms with Crippen molar-refractivity contribution >= 4 is 49.4 Å². The fraction of sp³-hybridized carbons (Fsp3) is 0.250. The number of fused-ring (bicyclic) bond motifs is 4. The minimum absolute atomic E-state index is 0. The molecular formula is C24H26FN7OS2. The molecular weight excluding hydrogens is 485 g/mol. The number of aromatic nitrogens is 6. The number of benzene rings is 1. The number of pyridine rings is 1. The van der Waals surface area contributed by atoms with E-state index in [2.05, 4.69) is 48.6 Å². The number of aryl methyl sites for hydroxylation is 1. The third-order valence-corrected chi connectivity index (χ3v) is 6.22. The second-order valence-corrected chi connectivity index (χ2v) is 8.48. The summed E-state index contributed by atoms with van der Waals surface area (Å²) in [5.74, 6) is 0.385. The van der Waals surface area contributed by atoms with Crippen LogP contribution in [0.3, 0.4) is 0 Å². The Balaban J connectivity index is 0.00000144. The molecule has 2 unspecified atom stereocenters. The van der Waals surface area contributed by atoms with E-state index in [9.17, 15) is 9.50 Å². The first-order chi connectivity index (χ1) is 16.1. The topological polar surface area (TPSA) is 104 Å². The van der Waals surface area contributed by atoms with Gasteiger partial charge in [0.15, 0.2) is 17.3 Å². The molecule has 0 aliphatic heterocycles. The third-order valence-electron chi connectivity index (χ3n) is 6.22. The Morgan fingerprint density at radius 1 is 1.20 bits per heavy atom. The number of rotatable bonds is 4. The number of nitrogens with one attached hydrogen (secondary N) is 2. The van der Waals surface area contributed by atoms with Gasteiger partial charge < -0.3 is 15.4 Å². The molecule has 4 aromatic heterocycles. The van der Waals surface area contributed by atoms with E-state index in [1.165, 1.54) is 28.9 Å². The second kappa shape index (κ2) is 9.84. The average molecular weight is 512 g/mol. The Bertz CT molecular complexity index is 1500. The molecule has 182 valence electrons. The van der Waals surface area contributed by atoms with Crippen LogP contribution in [0.25, 0.3) is 27.9 Å². The SMILES string of the molecule is CC(O)c1cnc2c(NC3CCc4[nH]c5ccccc5c4C3)nc(-c3cncc(F)c3)nn12.S.S. The lowest BCUT2D eigenvalue weighted by molar-refractivity contribution is 0.192. The van der Waals surface area contributed by atoms with Gasteiger partial charge in [-0.15, -0.1) is 5.10 Å². The van der Waals surface area contributed by atoms with E-state index in [-0.39, 0.29) is 33.0 Å². The van der Waals surface area contributed by atoms with E-state index < -0.39 is 11.9 Å². The lowest BCUT2D eigenvalue weighted by Crippen LogP contribution is -2.28. The minimum atomic E-state index is -0.773. The predicted octanol–water partition coefficient (Wildman–Crippen LogP) is 4.06. The average Bonchev–Trinajstić information content (AvgIpc) is 3.41. The molecule has 1 aliphatic carbocycles. The number of anilines is 1. The van der Waals surface area contributed by atoms with Crippen LogP contribution in [0.1, 0.15) is 36.4 Å². The molecule has 2 atom stereocenters. The first kappa shape index (κ1) is 25.0. The van der Waals surface area contributed by atoms with E-state index >= 15 is 0 Å². The Kier molecular flexibility index (Phi) is 7.02. The molecule has 11 heteroatoms. The monoisotopic (exact) mass is 511 g/mol. The van der Waals surface area contributed by atoms with Crippen molar-refractivity contribution in [3.8, 4) is 11.4 Å². The fourth-order valence-corrected chi connectivity index (χ4v) is 4.62. The standard InChI is InChI=1S/C24H22FN7O.2H2S/c1-13(33)21-12-27-24-23(30-22(31-32(21)24)14-8-15(25)11-26-10-14)28-16-6-7-20-18(9-16)17-4-2-3-5-19(17)29-20;;/h2-5,8,10-13,16,29,33H,6-7,9H2,1H3,(H,28,30,31);2*1H2. The number of nitrogens with zero attached hydrogens (tertiary/aromatic N) is 5. The largest absolute Gasteiger partial charge is 0.387 e. The Morgan fingerprint density at radius 2 is 2.03 bits per heavy atom. The van der Waals surface area contributed by atoms with Gasteiger partial charge in [-0.1, -0.05) is 18.2 Å². The highest BCUT2D eigenvalue weighted by Crippen LogP contribution is 2.31. The third kappa shape index (κ3) is 4.46. The van der Waals surface area contributed by atoms with Crippen LogP contribution in [0.15, 0.2) is 48.9 Å². The summed E-state index contributed by atoms with van der Waals surface area (Å²) in [7, 11) is 0. The maximum absolute atomic E-state index is 13.8. The van der Waals surface area contributed by atoms with Gasteiger partial charge >= 0.3 is 0 Å². The summed E-state index contributed by atoms with van der Waals surface area (Å²) >= 11 is 0. The van der Waals surface area contributed by atoms with E-state index in [0.29, 0.717) is 28.5 Å². The van der Waals surface area contributed by atoms with Gasteiger partial charge in [-0.2, -0.15) is 27.0 Å². The van der Waals surface area contributed by atoms with Crippen LogP contribution in [0.4, 0.5) is 10.2 Å². The number of aliphatic hydroxyl groups is 1. The van der Waals surface area contributed by atoms with Gasteiger partial charge in [0.25, 0.3) is 0 Å². The van der Waals surface area contributed by atoms with Crippen LogP contribution in [-0.4, -0.2) is 40.7 Å². The maximum atomic E-state index is 13.8. The maximum Gasteiger partial charge on any atom is 0.197 e. The summed E-state index contributed by atoms with van der Waals surface area (Å²) in [6.07, 6.45) is 6.17. The van der Waals surface area contributed by atoms with Gasteiger partial charge in [0.05, 0.1) is 24.2 Å². The van der Waals surface area contributed by atoms with Gasteiger partial charge in [0, 0.05) is 34.4 Å². The number of hydrogen-bond donors (Lipinski definition) is 3. The highest BCUT2D eigenvalue weighted by atomic mass is 32.1. The van der Waals surface area contributed by atoms with E-state index in [1.54, 1.807) is 17.6 Å². The molecule has 0 amide bonds. The van der Waals surface area contributed by atoms with Crippen LogP contribution in [0, 0.1) is 5.82 Å². The lowest BCUT2D eigenvalue weighted by Gasteiger charge is -2.24. The van der Waals surface area contributed by atoms with Crippen molar-refractivity contribution in [2.75, 3.05) is 5.32 Å². The molecule has 0 fully saturated rings. The van der Waals surface area contributed by atoms with E-state index in [0.717, 1.165) is 31.0 Å². The van der Waals surface area contributed by atoms with E-state index in [4.69, 9.17) is 0 Å². The molecule has 0 saturated heterocycles. The van der Waals surface area contributed by atoms with Crippen LogP contribution >= 0.6 is 27.0 Å². The molecule has 6 rings (SSSR count). The van der Waals surface area contributed by atoms with Crippen molar-refractivity contribution in [1.82, 2.24) is 29.5 Å². The summed E-state index contributed by atoms with van der Waals surface area (Å²) in [4.78, 5) is 16.6. The molecule has 5 aromatic rings. The summed E-state index contributed by atoms with van der Waals surface area (Å²) < 4.78 is 15.4. The van der Waals surface area contributed by atoms with Gasteiger partial charge in [0.1, 0.15) is 5.82 Å². The number of aromatic amines is 1. The van der Waals surface area contributed by atoms with Crippen LogP contribution < -0.4 is 5.32 Å². The molecule has 1 aromatic carbocycles. The summed E-state index contributed by atoms with van der Waals surface area (Å²) in [6, 6.07) is 9.83. The van der Waals surface area contributed by atoms with Crippen molar-refractivity contribution < 1.29 is 9.50 Å². The van der Waals surface area contributed by atoms with Gasteiger partial charge in [0.2, 0.25) is 0 Å². The van der Waals surface area contributed by atoms with Crippen LogP contribution in [0.5, 0.6) is 0 Å². The first-order valence-electron chi connectivity index (χ1n) is 11.0. The number of H-pyrrole nitrogens is 1. The molecule has 3 N–H and O–H groups in total. The Morgan fingerprint density at radius 3 is 2.83 bits per heavy atom. The molecule has 0 saturated carbocycles. The van der Waals surface area contributed by atoms with Crippen molar-refractivity contribution in [3.05, 3.63) is 71.7 Å². The van der Waals surface area contributed by atoms with E-state index in [1.807, 2.05) is 6.07 Å². The molecule has 8 nitrogen and oxygen atoms in total. The fourth-order valence-electron chi connectivity index (χ4n) is 4.62. The zero-order valence-corrected chi connectivity index (χ0v) is 21.0. The number of para-hydroxylation sites is 1. The zero-order chi connectivity index (χ0) is 22.5. The number of aliphatic hydroxyl groups excluding tert-OH is 1. The van der Waals surface area contributed by atoms with Crippen molar-refractivity contribution in [2.45, 2.75) is 38.3 Å². The molecule has 0 spiro atoms. The van der Waals surface area contributed by atoms with Crippen molar-refractivity contribution in [1.29, 1.82) is 0 Å². The minimum Gasteiger partial charge on any atom is -0.387 e. The smallest absolute Gasteiger partial charge is 0.197 e. The number of imidazole rings is 1. The highest BCUT2D eigenvalue weighted by Gasteiger charge is 2.25. The van der Waals surface area contributed by atoms with Crippen molar-refractivity contribution in [2.24, 2.45) is 0 Å². The molecule has 0 bridgehead atoms. The van der Waals surface area contributed by atoms with Gasteiger partial charge in [-0.3, -0.25) is 4.98 Å². The molecule has 35 heavy (non-hydrogen) atoms. The predicted molar refractivity (Wildman–Crippen MR) is 143 cm³/mol. The number of halogens is 1. The molecule has 0 radical (unpaired) electrons. The quantitative estimate of drug-likeness (QED) is 0.336. The Labute approximate surface area is 214 Å². The highest BCUT2D eigenvalue weighted by molar-refractivity contribution is 7.59. The lowest BCUT2D eigenvalue weighted by atomic mass is 9.91. The van der Waals surface area contributed by atoms with Crippen LogP contribution in [0.2, 0.25) is 0 Å². The van der Waals surface area contributed by atoms with Crippen LogP contribution in [-0.2, 0) is 12.8 Å². The second-order valence-electron chi connectivity index (χ2n) is 8.48.